The lowest BCUT2D eigenvalue weighted by molar-refractivity contribution is -0.130. The standard InChI is InChI=1S/C24H24FN3O2/c1-2-21(29)28-9-5-7-15-12-27(13-20(15)28)23-19(25)11-18(24(26)30)17-10-14-6-3-4-8-16(14)22(17)23/h2-4,6,8,11,15,20H,1,5,7,9-10,12-13H2,(H2,26,30). The average molecular weight is 405 g/mol. The minimum Gasteiger partial charge on any atom is -0.366 e. The SMILES string of the molecule is C=CC(=O)N1CCCC2CN(c3c(F)cc(C(N)=O)c4c3-c3ccccc3C4)CC21. The van der Waals surface area contributed by atoms with Crippen molar-refractivity contribution in [3.8, 4) is 11.1 Å². The fourth-order valence-electron chi connectivity index (χ4n) is 5.54. The van der Waals surface area contributed by atoms with Gasteiger partial charge in [0.05, 0.1) is 11.7 Å². The molecule has 0 aromatic heterocycles. The van der Waals surface area contributed by atoms with Crippen LogP contribution in [0.15, 0.2) is 43.0 Å². The minimum absolute atomic E-state index is 0.0479. The van der Waals surface area contributed by atoms with Crippen LogP contribution >= 0.6 is 0 Å². The minimum atomic E-state index is -0.609. The van der Waals surface area contributed by atoms with Crippen LogP contribution in [0.5, 0.6) is 0 Å². The first-order chi connectivity index (χ1) is 14.5. The number of piperidine rings is 1. The number of halogens is 1. The first-order valence-corrected chi connectivity index (χ1v) is 10.4. The zero-order valence-electron chi connectivity index (χ0n) is 16.7. The topological polar surface area (TPSA) is 66.6 Å². The fourth-order valence-corrected chi connectivity index (χ4v) is 5.54. The molecule has 2 aromatic carbocycles. The Kier molecular flexibility index (Phi) is 4.38. The number of nitrogens with zero attached hydrogens (tertiary/aromatic N) is 2. The van der Waals surface area contributed by atoms with Crippen molar-refractivity contribution in [2.24, 2.45) is 11.7 Å². The Hall–Kier alpha value is -3.15. The Balaban J connectivity index is 1.61. The zero-order chi connectivity index (χ0) is 21.0. The normalized spacial score (nSPS) is 21.8. The van der Waals surface area contributed by atoms with Crippen LogP contribution in [-0.2, 0) is 11.2 Å². The third-order valence-electron chi connectivity index (χ3n) is 6.84. The Labute approximate surface area is 175 Å². The second kappa shape index (κ2) is 6.97. The van der Waals surface area contributed by atoms with Gasteiger partial charge in [0, 0.05) is 30.8 Å². The van der Waals surface area contributed by atoms with Gasteiger partial charge in [0.2, 0.25) is 11.8 Å². The van der Waals surface area contributed by atoms with E-state index in [1.807, 2.05) is 29.2 Å². The number of fused-ring (bicyclic) bond motifs is 4. The summed E-state index contributed by atoms with van der Waals surface area (Å²) < 4.78 is 15.5. The largest absolute Gasteiger partial charge is 0.366 e. The third-order valence-corrected chi connectivity index (χ3v) is 6.84. The van der Waals surface area contributed by atoms with Crippen LogP contribution in [0.1, 0.15) is 34.3 Å². The second-order valence-corrected chi connectivity index (χ2v) is 8.42. The van der Waals surface area contributed by atoms with E-state index in [4.69, 9.17) is 5.73 Å². The molecule has 3 aliphatic rings. The van der Waals surface area contributed by atoms with Crippen molar-refractivity contribution in [1.82, 2.24) is 4.90 Å². The van der Waals surface area contributed by atoms with E-state index in [9.17, 15) is 9.59 Å². The first kappa shape index (κ1) is 18.9. The number of carbonyl (C=O) groups excluding carboxylic acids is 2. The summed E-state index contributed by atoms with van der Waals surface area (Å²) in [6.45, 7) is 5.61. The molecule has 2 heterocycles. The van der Waals surface area contributed by atoms with Gasteiger partial charge < -0.3 is 15.5 Å². The molecule has 2 aromatic rings. The highest BCUT2D eigenvalue weighted by Gasteiger charge is 2.42. The van der Waals surface area contributed by atoms with E-state index in [0.29, 0.717) is 37.7 Å². The van der Waals surface area contributed by atoms with Crippen LogP contribution in [0.2, 0.25) is 0 Å². The number of anilines is 1. The number of nitrogens with two attached hydrogens (primary N) is 1. The summed E-state index contributed by atoms with van der Waals surface area (Å²) in [5, 5.41) is 0. The van der Waals surface area contributed by atoms with Gasteiger partial charge in [-0.05, 0) is 54.0 Å². The van der Waals surface area contributed by atoms with Gasteiger partial charge in [0.1, 0.15) is 5.82 Å². The maximum atomic E-state index is 15.5. The number of carbonyl (C=O) groups is 2. The molecule has 2 N–H and O–H groups in total. The molecular weight excluding hydrogens is 381 g/mol. The Morgan fingerprint density at radius 3 is 2.80 bits per heavy atom. The number of likely N-dealkylation sites (tertiary alicyclic amines) is 1. The molecule has 5 rings (SSSR count). The Bertz CT molecular complexity index is 1080. The van der Waals surface area contributed by atoms with Gasteiger partial charge in [0.15, 0.2) is 0 Å². The maximum Gasteiger partial charge on any atom is 0.249 e. The molecule has 1 aliphatic carbocycles. The molecule has 0 radical (unpaired) electrons. The smallest absolute Gasteiger partial charge is 0.249 e. The van der Waals surface area contributed by atoms with E-state index in [2.05, 4.69) is 11.5 Å². The highest BCUT2D eigenvalue weighted by atomic mass is 19.1. The average Bonchev–Trinajstić information content (AvgIpc) is 3.34. The molecule has 0 spiro atoms. The second-order valence-electron chi connectivity index (χ2n) is 8.42. The molecule has 0 saturated carbocycles. The van der Waals surface area contributed by atoms with Crippen LogP contribution in [0.25, 0.3) is 11.1 Å². The molecule has 2 amide bonds. The summed E-state index contributed by atoms with van der Waals surface area (Å²) in [7, 11) is 0. The number of hydrogen-bond donors (Lipinski definition) is 1. The zero-order valence-corrected chi connectivity index (χ0v) is 16.7. The monoisotopic (exact) mass is 405 g/mol. The molecule has 2 fully saturated rings. The van der Waals surface area contributed by atoms with E-state index in [-0.39, 0.29) is 17.5 Å². The van der Waals surface area contributed by atoms with Crippen molar-refractivity contribution in [2.45, 2.75) is 25.3 Å². The van der Waals surface area contributed by atoms with E-state index >= 15 is 4.39 Å². The molecule has 2 atom stereocenters. The third kappa shape index (κ3) is 2.74. The molecule has 154 valence electrons. The van der Waals surface area contributed by atoms with Crippen LogP contribution in [0.4, 0.5) is 10.1 Å². The molecule has 2 unspecified atom stereocenters. The highest BCUT2D eigenvalue weighted by Crippen LogP contribution is 2.47. The van der Waals surface area contributed by atoms with Gasteiger partial charge >= 0.3 is 0 Å². The van der Waals surface area contributed by atoms with Crippen molar-refractivity contribution < 1.29 is 14.0 Å². The van der Waals surface area contributed by atoms with E-state index < -0.39 is 11.7 Å². The molecule has 0 bridgehead atoms. The highest BCUT2D eigenvalue weighted by molar-refractivity contribution is 6.01. The molecule has 2 saturated heterocycles. The van der Waals surface area contributed by atoms with Crippen molar-refractivity contribution in [1.29, 1.82) is 0 Å². The Morgan fingerprint density at radius 1 is 1.23 bits per heavy atom. The van der Waals surface area contributed by atoms with E-state index in [1.54, 1.807) is 0 Å². The summed E-state index contributed by atoms with van der Waals surface area (Å²) in [5.41, 5.74) is 9.97. The maximum absolute atomic E-state index is 15.5. The summed E-state index contributed by atoms with van der Waals surface area (Å²) in [6.07, 6.45) is 3.89. The quantitative estimate of drug-likeness (QED) is 0.681. The lowest BCUT2D eigenvalue weighted by Gasteiger charge is -2.36. The van der Waals surface area contributed by atoms with Crippen LogP contribution in [-0.4, -0.2) is 42.4 Å². The number of rotatable bonds is 3. The summed E-state index contributed by atoms with van der Waals surface area (Å²) in [5.74, 6) is -0.807. The van der Waals surface area contributed by atoms with Gasteiger partial charge in [-0.2, -0.15) is 0 Å². The predicted octanol–water partition coefficient (Wildman–Crippen LogP) is 3.11. The lowest BCUT2D eigenvalue weighted by Crippen LogP contribution is -2.47. The van der Waals surface area contributed by atoms with Gasteiger partial charge in [-0.1, -0.05) is 30.8 Å². The van der Waals surface area contributed by atoms with E-state index in [1.165, 1.54) is 12.1 Å². The van der Waals surface area contributed by atoms with Crippen molar-refractivity contribution in [3.63, 3.8) is 0 Å². The number of hydrogen-bond acceptors (Lipinski definition) is 3. The van der Waals surface area contributed by atoms with Crippen molar-refractivity contribution in [2.75, 3.05) is 24.5 Å². The molecule has 2 aliphatic heterocycles. The van der Waals surface area contributed by atoms with Crippen LogP contribution in [0, 0.1) is 11.7 Å². The van der Waals surface area contributed by atoms with Gasteiger partial charge in [-0.25, -0.2) is 4.39 Å². The van der Waals surface area contributed by atoms with Gasteiger partial charge in [0.25, 0.3) is 0 Å². The fraction of sp³-hybridized carbons (Fsp3) is 0.333. The first-order valence-electron chi connectivity index (χ1n) is 10.4. The number of primary amides is 1. The molecule has 30 heavy (non-hydrogen) atoms. The lowest BCUT2D eigenvalue weighted by atomic mass is 9.92. The molecule has 6 heteroatoms. The summed E-state index contributed by atoms with van der Waals surface area (Å²) >= 11 is 0. The van der Waals surface area contributed by atoms with Crippen LogP contribution < -0.4 is 10.6 Å². The summed E-state index contributed by atoms with van der Waals surface area (Å²) in [4.78, 5) is 28.3. The van der Waals surface area contributed by atoms with Crippen molar-refractivity contribution >= 4 is 17.5 Å². The summed E-state index contributed by atoms with van der Waals surface area (Å²) in [6, 6.07) is 9.21. The number of amides is 2. The van der Waals surface area contributed by atoms with Gasteiger partial charge in [-0.3, -0.25) is 9.59 Å². The predicted molar refractivity (Wildman–Crippen MR) is 114 cm³/mol. The van der Waals surface area contributed by atoms with Crippen molar-refractivity contribution in [3.05, 3.63) is 65.5 Å². The van der Waals surface area contributed by atoms with Gasteiger partial charge in [-0.15, -0.1) is 0 Å². The number of benzene rings is 2. The molecule has 5 nitrogen and oxygen atoms in total. The van der Waals surface area contributed by atoms with E-state index in [0.717, 1.165) is 35.1 Å². The van der Waals surface area contributed by atoms with Crippen LogP contribution in [0.3, 0.4) is 0 Å². The molecular formula is C24H24FN3O2. The Morgan fingerprint density at radius 2 is 2.03 bits per heavy atom.